The maximum absolute atomic E-state index is 12.8. The van der Waals surface area contributed by atoms with Crippen molar-refractivity contribution in [2.24, 2.45) is 17.8 Å². The van der Waals surface area contributed by atoms with E-state index in [4.69, 9.17) is 4.74 Å². The molecule has 0 unspecified atom stereocenters. The average molecular weight is 364 g/mol. The van der Waals surface area contributed by atoms with Crippen molar-refractivity contribution in [1.29, 1.82) is 0 Å². The third kappa shape index (κ3) is 2.45. The summed E-state index contributed by atoms with van der Waals surface area (Å²) in [5, 5.41) is 3.40. The minimum atomic E-state index is 0.0140. The quantitative estimate of drug-likeness (QED) is 0.875. The van der Waals surface area contributed by atoms with Crippen molar-refractivity contribution in [1.82, 2.24) is 5.32 Å². The summed E-state index contributed by atoms with van der Waals surface area (Å²) in [6.45, 7) is 0. The number of hydrogen-bond donors (Lipinski definition) is 1. The molecule has 5 rings (SSSR count). The number of halogens is 1. The van der Waals surface area contributed by atoms with Gasteiger partial charge in [0, 0.05) is 10.0 Å². The van der Waals surface area contributed by atoms with Crippen LogP contribution in [0.15, 0.2) is 22.7 Å². The number of amides is 1. The fourth-order valence-corrected chi connectivity index (χ4v) is 5.79. The van der Waals surface area contributed by atoms with Gasteiger partial charge in [-0.3, -0.25) is 4.79 Å². The number of hydrogen-bond acceptors (Lipinski definition) is 2. The number of methoxy groups -OCH3 is 1. The lowest BCUT2D eigenvalue weighted by molar-refractivity contribution is -0.0167. The molecule has 4 heteroatoms. The molecule has 0 saturated heterocycles. The van der Waals surface area contributed by atoms with Gasteiger partial charge >= 0.3 is 0 Å². The predicted molar refractivity (Wildman–Crippen MR) is 89.1 cm³/mol. The first-order chi connectivity index (χ1) is 10.6. The first-order valence-corrected chi connectivity index (χ1v) is 9.02. The summed E-state index contributed by atoms with van der Waals surface area (Å²) < 4.78 is 6.27. The minimum Gasteiger partial charge on any atom is -0.496 e. The summed E-state index contributed by atoms with van der Waals surface area (Å²) in [4.78, 5) is 12.8. The number of benzene rings is 1. The van der Waals surface area contributed by atoms with Gasteiger partial charge in [0.1, 0.15) is 5.75 Å². The van der Waals surface area contributed by atoms with E-state index in [1.807, 2.05) is 18.2 Å². The molecular formula is C18H22BrNO2. The second kappa shape index (κ2) is 5.26. The smallest absolute Gasteiger partial charge is 0.255 e. The summed E-state index contributed by atoms with van der Waals surface area (Å²) in [5.41, 5.74) is 0.673. The van der Waals surface area contributed by atoms with Gasteiger partial charge in [-0.2, -0.15) is 0 Å². The lowest BCUT2D eigenvalue weighted by Gasteiger charge is -2.56. The maximum atomic E-state index is 12.8. The molecule has 4 fully saturated rings. The van der Waals surface area contributed by atoms with Gasteiger partial charge in [0.05, 0.1) is 12.7 Å². The Hall–Kier alpha value is -1.03. The van der Waals surface area contributed by atoms with Crippen molar-refractivity contribution in [2.45, 2.75) is 44.1 Å². The Morgan fingerprint density at radius 1 is 1.18 bits per heavy atom. The van der Waals surface area contributed by atoms with Crippen LogP contribution in [0.3, 0.4) is 0 Å². The number of carbonyl (C=O) groups excluding carboxylic acids is 1. The fraction of sp³-hybridized carbons (Fsp3) is 0.611. The molecule has 0 aliphatic heterocycles. The Bertz CT molecular complexity index is 578. The van der Waals surface area contributed by atoms with E-state index in [-0.39, 0.29) is 11.4 Å². The molecule has 4 aliphatic rings. The Balaban J connectivity index is 1.59. The van der Waals surface area contributed by atoms with Crippen LogP contribution in [0.5, 0.6) is 5.75 Å². The molecule has 4 bridgehead atoms. The van der Waals surface area contributed by atoms with Crippen LogP contribution in [0, 0.1) is 17.8 Å². The molecule has 0 heterocycles. The molecule has 3 nitrogen and oxygen atoms in total. The zero-order chi connectivity index (χ0) is 15.3. The topological polar surface area (TPSA) is 38.3 Å². The monoisotopic (exact) mass is 363 g/mol. The van der Waals surface area contributed by atoms with E-state index in [0.29, 0.717) is 11.3 Å². The van der Waals surface area contributed by atoms with Gasteiger partial charge in [-0.1, -0.05) is 15.9 Å². The molecule has 0 aromatic heterocycles. The summed E-state index contributed by atoms with van der Waals surface area (Å²) in [5.74, 6) is 3.15. The number of rotatable bonds is 3. The first kappa shape index (κ1) is 14.6. The van der Waals surface area contributed by atoms with Crippen molar-refractivity contribution in [3.05, 3.63) is 28.2 Å². The number of nitrogens with one attached hydrogen (secondary N) is 1. The predicted octanol–water partition coefficient (Wildman–Crippen LogP) is 4.16. The molecule has 0 spiro atoms. The SMILES string of the molecule is COc1ccc(Br)cc1C(=O)NC12CC3CC(CC(C3)C1)C2. The molecule has 118 valence electrons. The molecule has 1 aromatic rings. The highest BCUT2D eigenvalue weighted by atomic mass is 79.9. The normalized spacial score (nSPS) is 35.5. The van der Waals surface area contributed by atoms with Crippen LogP contribution < -0.4 is 10.1 Å². The summed E-state index contributed by atoms with van der Waals surface area (Å²) in [7, 11) is 1.62. The van der Waals surface area contributed by atoms with Crippen molar-refractivity contribution >= 4 is 21.8 Å². The van der Waals surface area contributed by atoms with Crippen molar-refractivity contribution in [3.63, 3.8) is 0 Å². The minimum absolute atomic E-state index is 0.0140. The highest BCUT2D eigenvalue weighted by Gasteiger charge is 2.51. The molecule has 22 heavy (non-hydrogen) atoms. The van der Waals surface area contributed by atoms with Gasteiger partial charge in [0.25, 0.3) is 5.91 Å². The molecule has 0 atom stereocenters. The second-order valence-electron chi connectivity index (χ2n) is 7.50. The van der Waals surface area contributed by atoms with Crippen LogP contribution in [-0.4, -0.2) is 18.6 Å². The first-order valence-electron chi connectivity index (χ1n) is 8.23. The van der Waals surface area contributed by atoms with Crippen LogP contribution in [-0.2, 0) is 0 Å². The van der Waals surface area contributed by atoms with Crippen LogP contribution >= 0.6 is 15.9 Å². The zero-order valence-corrected chi connectivity index (χ0v) is 14.5. The fourth-order valence-electron chi connectivity index (χ4n) is 5.43. The van der Waals surface area contributed by atoms with Crippen LogP contribution in [0.25, 0.3) is 0 Å². The second-order valence-corrected chi connectivity index (χ2v) is 8.41. The molecule has 4 saturated carbocycles. The lowest BCUT2D eigenvalue weighted by Crippen LogP contribution is -2.59. The third-order valence-electron chi connectivity index (χ3n) is 5.82. The van der Waals surface area contributed by atoms with Gasteiger partial charge < -0.3 is 10.1 Å². The van der Waals surface area contributed by atoms with Crippen LogP contribution in [0.1, 0.15) is 48.9 Å². The van der Waals surface area contributed by atoms with Gasteiger partial charge in [-0.15, -0.1) is 0 Å². The third-order valence-corrected chi connectivity index (χ3v) is 6.32. The number of ether oxygens (including phenoxy) is 1. The highest BCUT2D eigenvalue weighted by Crippen LogP contribution is 2.55. The van der Waals surface area contributed by atoms with E-state index < -0.39 is 0 Å². The summed E-state index contributed by atoms with van der Waals surface area (Å²) >= 11 is 3.45. The molecule has 1 amide bonds. The van der Waals surface area contributed by atoms with E-state index in [0.717, 1.165) is 22.2 Å². The molecule has 4 aliphatic carbocycles. The van der Waals surface area contributed by atoms with Gasteiger partial charge in [-0.25, -0.2) is 0 Å². The Morgan fingerprint density at radius 2 is 1.77 bits per heavy atom. The van der Waals surface area contributed by atoms with E-state index >= 15 is 0 Å². The standard InChI is InChI=1S/C18H22BrNO2/c1-22-16-3-2-14(19)7-15(16)17(21)20-18-8-11-4-12(9-18)6-13(5-11)10-18/h2-3,7,11-13H,4-6,8-10H2,1H3,(H,20,21). The van der Waals surface area contributed by atoms with Crippen LogP contribution in [0.2, 0.25) is 0 Å². The van der Waals surface area contributed by atoms with Crippen molar-refractivity contribution in [3.8, 4) is 5.75 Å². The summed E-state index contributed by atoms with van der Waals surface area (Å²) in [6.07, 6.45) is 7.66. The van der Waals surface area contributed by atoms with Gasteiger partial charge in [0.2, 0.25) is 0 Å². The molecule has 0 radical (unpaired) electrons. The van der Waals surface area contributed by atoms with Crippen molar-refractivity contribution in [2.75, 3.05) is 7.11 Å². The maximum Gasteiger partial charge on any atom is 0.255 e. The van der Waals surface area contributed by atoms with E-state index in [1.165, 1.54) is 38.5 Å². The highest BCUT2D eigenvalue weighted by molar-refractivity contribution is 9.10. The van der Waals surface area contributed by atoms with E-state index in [9.17, 15) is 4.79 Å². The van der Waals surface area contributed by atoms with Crippen LogP contribution in [0.4, 0.5) is 0 Å². The van der Waals surface area contributed by atoms with E-state index in [2.05, 4.69) is 21.2 Å². The van der Waals surface area contributed by atoms with Gasteiger partial charge in [-0.05, 0) is 74.5 Å². The molecular weight excluding hydrogens is 342 g/mol. The average Bonchev–Trinajstić information content (AvgIpc) is 2.45. The Labute approximate surface area is 139 Å². The summed E-state index contributed by atoms with van der Waals surface area (Å²) in [6, 6.07) is 5.60. The largest absolute Gasteiger partial charge is 0.496 e. The number of carbonyl (C=O) groups is 1. The van der Waals surface area contributed by atoms with Crippen molar-refractivity contribution < 1.29 is 9.53 Å². The molecule has 1 aromatic carbocycles. The zero-order valence-electron chi connectivity index (χ0n) is 12.9. The van der Waals surface area contributed by atoms with E-state index in [1.54, 1.807) is 7.11 Å². The van der Waals surface area contributed by atoms with Gasteiger partial charge in [0.15, 0.2) is 0 Å². The Kier molecular flexibility index (Phi) is 3.48. The molecule has 1 N–H and O–H groups in total. The lowest BCUT2D eigenvalue weighted by atomic mass is 9.53. The Morgan fingerprint density at radius 3 is 2.32 bits per heavy atom.